The Morgan fingerprint density at radius 3 is 2.39 bits per heavy atom. The van der Waals surface area contributed by atoms with E-state index in [0.717, 1.165) is 62.0 Å². The van der Waals surface area contributed by atoms with Crippen molar-refractivity contribution in [1.82, 2.24) is 4.90 Å². The lowest BCUT2D eigenvalue weighted by Gasteiger charge is -2.34. The number of aliphatic hydroxyl groups is 1. The average molecular weight is 412 g/mol. The van der Waals surface area contributed by atoms with E-state index in [1.54, 1.807) is 24.3 Å². The number of nitrogens with zero attached hydrogens (tertiary/aromatic N) is 1. The van der Waals surface area contributed by atoms with Crippen molar-refractivity contribution in [1.29, 1.82) is 0 Å². The first kappa shape index (κ1) is 21.2. The topological polar surface area (TPSA) is 23.5 Å². The molecule has 3 rings (SSSR count). The number of halogens is 4. The molecule has 152 valence electrons. The van der Waals surface area contributed by atoms with Gasteiger partial charge in [0.05, 0.1) is 11.7 Å². The SMILES string of the molecule is O[C@@H](CN1CCCC(CCc2ccc(C(F)(F)F)cc2)C1)c1ccc(Cl)cc1. The van der Waals surface area contributed by atoms with Gasteiger partial charge >= 0.3 is 6.18 Å². The van der Waals surface area contributed by atoms with Crippen molar-refractivity contribution in [2.45, 2.75) is 38.0 Å². The highest BCUT2D eigenvalue weighted by Gasteiger charge is 2.30. The zero-order valence-electron chi connectivity index (χ0n) is 15.6. The molecule has 6 heteroatoms. The van der Waals surface area contributed by atoms with Crippen molar-refractivity contribution in [2.75, 3.05) is 19.6 Å². The normalized spacial score (nSPS) is 19.5. The Labute approximate surface area is 168 Å². The van der Waals surface area contributed by atoms with Crippen LogP contribution in [0.2, 0.25) is 5.02 Å². The summed E-state index contributed by atoms with van der Waals surface area (Å²) in [5.74, 6) is 0.494. The lowest BCUT2D eigenvalue weighted by molar-refractivity contribution is -0.137. The predicted octanol–water partition coefficient (Wildman–Crippen LogP) is 5.74. The fourth-order valence-electron chi connectivity index (χ4n) is 3.82. The minimum atomic E-state index is -4.28. The Morgan fingerprint density at radius 2 is 1.75 bits per heavy atom. The summed E-state index contributed by atoms with van der Waals surface area (Å²) >= 11 is 5.90. The second-order valence-electron chi connectivity index (χ2n) is 7.57. The molecule has 0 aromatic heterocycles. The van der Waals surface area contributed by atoms with E-state index in [9.17, 15) is 18.3 Å². The van der Waals surface area contributed by atoms with E-state index in [2.05, 4.69) is 4.90 Å². The average Bonchev–Trinajstić information content (AvgIpc) is 2.67. The Balaban J connectivity index is 1.48. The van der Waals surface area contributed by atoms with E-state index < -0.39 is 17.8 Å². The van der Waals surface area contributed by atoms with Crippen molar-refractivity contribution in [2.24, 2.45) is 5.92 Å². The number of piperidine rings is 1. The molecule has 1 heterocycles. The van der Waals surface area contributed by atoms with Gasteiger partial charge in [-0.1, -0.05) is 35.9 Å². The maximum atomic E-state index is 12.7. The molecule has 2 nitrogen and oxygen atoms in total. The second-order valence-corrected chi connectivity index (χ2v) is 8.00. The molecule has 1 N–H and O–H groups in total. The number of likely N-dealkylation sites (tertiary alicyclic amines) is 1. The van der Waals surface area contributed by atoms with Crippen LogP contribution < -0.4 is 0 Å². The summed E-state index contributed by atoms with van der Waals surface area (Å²) in [5.41, 5.74) is 1.19. The van der Waals surface area contributed by atoms with E-state index in [1.807, 2.05) is 12.1 Å². The Hall–Kier alpha value is -1.56. The van der Waals surface area contributed by atoms with Gasteiger partial charge in [-0.05, 0) is 73.5 Å². The number of alkyl halides is 3. The first-order valence-electron chi connectivity index (χ1n) is 9.63. The van der Waals surface area contributed by atoms with Crippen LogP contribution in [0.3, 0.4) is 0 Å². The summed E-state index contributed by atoms with van der Waals surface area (Å²) in [5, 5.41) is 11.1. The zero-order chi connectivity index (χ0) is 20.1. The van der Waals surface area contributed by atoms with E-state index in [-0.39, 0.29) is 0 Å². The quantitative estimate of drug-likeness (QED) is 0.655. The summed E-state index contributed by atoms with van der Waals surface area (Å²) in [6.45, 7) is 2.45. The van der Waals surface area contributed by atoms with E-state index in [1.165, 1.54) is 0 Å². The Kier molecular flexibility index (Phi) is 7.02. The smallest absolute Gasteiger partial charge is 0.387 e. The summed E-state index contributed by atoms with van der Waals surface area (Å²) in [6, 6.07) is 12.7. The molecule has 1 aliphatic rings. The number of aliphatic hydroxyl groups excluding tert-OH is 1. The van der Waals surface area contributed by atoms with E-state index in [0.29, 0.717) is 17.5 Å². The van der Waals surface area contributed by atoms with Gasteiger partial charge < -0.3 is 10.0 Å². The summed E-state index contributed by atoms with van der Waals surface area (Å²) in [7, 11) is 0. The predicted molar refractivity (Wildman–Crippen MR) is 105 cm³/mol. The van der Waals surface area contributed by atoms with Crippen molar-refractivity contribution >= 4 is 11.6 Å². The van der Waals surface area contributed by atoms with Crippen LogP contribution in [0.1, 0.15) is 42.1 Å². The Bertz CT molecular complexity index is 746. The second kappa shape index (κ2) is 9.29. The number of hydrogen-bond donors (Lipinski definition) is 1. The zero-order valence-corrected chi connectivity index (χ0v) is 16.4. The van der Waals surface area contributed by atoms with Gasteiger partial charge in [-0.2, -0.15) is 13.2 Å². The van der Waals surface area contributed by atoms with Gasteiger partial charge in [-0.15, -0.1) is 0 Å². The van der Waals surface area contributed by atoms with Gasteiger partial charge in [0.1, 0.15) is 0 Å². The number of rotatable bonds is 6. The van der Waals surface area contributed by atoms with Crippen LogP contribution in [0, 0.1) is 5.92 Å². The van der Waals surface area contributed by atoms with Crippen molar-refractivity contribution in [3.05, 3.63) is 70.2 Å². The third kappa shape index (κ3) is 5.97. The molecule has 1 unspecified atom stereocenters. The summed E-state index contributed by atoms with van der Waals surface area (Å²) in [6.07, 6.45) is -0.923. The van der Waals surface area contributed by atoms with Crippen molar-refractivity contribution in [3.8, 4) is 0 Å². The molecule has 1 saturated heterocycles. The minimum absolute atomic E-state index is 0.494. The summed E-state index contributed by atoms with van der Waals surface area (Å²) < 4.78 is 38.0. The third-order valence-electron chi connectivity index (χ3n) is 5.41. The molecule has 2 aromatic carbocycles. The molecule has 0 aliphatic carbocycles. The van der Waals surface area contributed by atoms with Crippen molar-refractivity contribution < 1.29 is 18.3 Å². The van der Waals surface area contributed by atoms with Crippen LogP contribution in [-0.4, -0.2) is 29.6 Å². The standard InChI is InChI=1S/C22H25ClF3NO/c23-20-11-7-18(8-12-20)21(28)15-27-13-1-2-17(14-27)4-3-16-5-9-19(10-6-16)22(24,25)26/h5-12,17,21,28H,1-4,13-15H2/t17?,21-/m0/s1. The lowest BCUT2D eigenvalue weighted by atomic mass is 9.91. The molecule has 0 bridgehead atoms. The monoisotopic (exact) mass is 411 g/mol. The maximum Gasteiger partial charge on any atom is 0.416 e. The number of aryl methyl sites for hydroxylation is 1. The van der Waals surface area contributed by atoms with Crippen LogP contribution >= 0.6 is 11.6 Å². The van der Waals surface area contributed by atoms with Crippen LogP contribution in [0.15, 0.2) is 48.5 Å². The van der Waals surface area contributed by atoms with Gasteiger partial charge in [0, 0.05) is 18.1 Å². The molecular weight excluding hydrogens is 387 g/mol. The van der Waals surface area contributed by atoms with Crippen LogP contribution in [0.5, 0.6) is 0 Å². The Morgan fingerprint density at radius 1 is 1.07 bits per heavy atom. The van der Waals surface area contributed by atoms with Gasteiger partial charge in [-0.25, -0.2) is 0 Å². The molecule has 2 atom stereocenters. The number of hydrogen-bond acceptors (Lipinski definition) is 2. The fraction of sp³-hybridized carbons (Fsp3) is 0.455. The molecule has 2 aromatic rings. The van der Waals surface area contributed by atoms with Gasteiger partial charge in [0.15, 0.2) is 0 Å². The van der Waals surface area contributed by atoms with Crippen LogP contribution in [0.25, 0.3) is 0 Å². The van der Waals surface area contributed by atoms with Crippen molar-refractivity contribution in [3.63, 3.8) is 0 Å². The fourth-order valence-corrected chi connectivity index (χ4v) is 3.94. The van der Waals surface area contributed by atoms with E-state index >= 15 is 0 Å². The lowest BCUT2D eigenvalue weighted by Crippen LogP contribution is -2.38. The molecule has 0 saturated carbocycles. The molecule has 28 heavy (non-hydrogen) atoms. The highest BCUT2D eigenvalue weighted by Crippen LogP contribution is 2.30. The van der Waals surface area contributed by atoms with Gasteiger partial charge in [0.2, 0.25) is 0 Å². The third-order valence-corrected chi connectivity index (χ3v) is 5.66. The van der Waals surface area contributed by atoms with Gasteiger partial charge in [0.25, 0.3) is 0 Å². The highest BCUT2D eigenvalue weighted by atomic mass is 35.5. The van der Waals surface area contributed by atoms with Crippen LogP contribution in [-0.2, 0) is 12.6 Å². The minimum Gasteiger partial charge on any atom is -0.387 e. The molecule has 0 radical (unpaired) electrons. The number of benzene rings is 2. The maximum absolute atomic E-state index is 12.7. The first-order chi connectivity index (χ1) is 13.3. The molecular formula is C22H25ClF3NO. The molecule has 1 aliphatic heterocycles. The highest BCUT2D eigenvalue weighted by molar-refractivity contribution is 6.30. The summed E-state index contributed by atoms with van der Waals surface area (Å²) in [4.78, 5) is 2.28. The molecule has 0 spiro atoms. The van der Waals surface area contributed by atoms with Crippen LogP contribution in [0.4, 0.5) is 13.2 Å². The van der Waals surface area contributed by atoms with E-state index in [4.69, 9.17) is 11.6 Å². The number of β-amino-alcohol motifs (C(OH)–C–C–N with tert-alkyl or cyclic N) is 1. The largest absolute Gasteiger partial charge is 0.416 e. The molecule has 0 amide bonds. The molecule has 1 fully saturated rings. The van der Waals surface area contributed by atoms with Gasteiger partial charge in [-0.3, -0.25) is 0 Å². The first-order valence-corrected chi connectivity index (χ1v) is 10.0.